The average Bonchev–Trinajstić information content (AvgIpc) is 2.08. The number of rotatable bonds is 2. The third-order valence-electron chi connectivity index (χ3n) is 3.29. The smallest absolute Gasteiger partial charge is 0.0568 e. The van der Waals surface area contributed by atoms with E-state index in [9.17, 15) is 5.11 Å². The summed E-state index contributed by atoms with van der Waals surface area (Å²) in [4.78, 5) is 0. The van der Waals surface area contributed by atoms with Crippen molar-refractivity contribution in [3.8, 4) is 0 Å². The molecule has 1 saturated carbocycles. The van der Waals surface area contributed by atoms with Crippen LogP contribution in [0, 0.1) is 17.8 Å². The zero-order valence-electron chi connectivity index (χ0n) is 8.03. The maximum absolute atomic E-state index is 9.61. The molecule has 0 aliphatic heterocycles. The molecular weight excluding hydrogens is 152 g/mol. The van der Waals surface area contributed by atoms with E-state index in [-0.39, 0.29) is 12.7 Å². The first-order valence-electron chi connectivity index (χ1n) is 4.94. The quantitative estimate of drug-likeness (QED) is 0.661. The summed E-state index contributed by atoms with van der Waals surface area (Å²) < 4.78 is 0. The van der Waals surface area contributed by atoms with Crippen LogP contribution in [-0.2, 0) is 0 Å². The summed E-state index contributed by atoms with van der Waals surface area (Å²) in [6.07, 6.45) is 3.01. The first-order chi connectivity index (χ1) is 5.65. The third-order valence-corrected chi connectivity index (χ3v) is 3.29. The second-order valence-corrected chi connectivity index (χ2v) is 4.28. The molecule has 0 saturated heterocycles. The van der Waals surface area contributed by atoms with Gasteiger partial charge in [0, 0.05) is 6.61 Å². The lowest BCUT2D eigenvalue weighted by molar-refractivity contribution is 0.0288. The SMILES string of the molecule is C[C@@H]1CC[C@@H]([C@@H](C)CO)C[C@@H]1O. The Morgan fingerprint density at radius 3 is 2.58 bits per heavy atom. The fourth-order valence-corrected chi connectivity index (χ4v) is 2.00. The largest absolute Gasteiger partial charge is 0.396 e. The predicted octanol–water partition coefficient (Wildman–Crippen LogP) is 1.41. The highest BCUT2D eigenvalue weighted by molar-refractivity contribution is 4.79. The van der Waals surface area contributed by atoms with E-state index in [4.69, 9.17) is 5.11 Å². The van der Waals surface area contributed by atoms with E-state index in [0.29, 0.717) is 17.8 Å². The summed E-state index contributed by atoms with van der Waals surface area (Å²) in [5.74, 6) is 1.33. The van der Waals surface area contributed by atoms with Crippen molar-refractivity contribution in [2.24, 2.45) is 17.8 Å². The Kier molecular flexibility index (Phi) is 3.53. The molecule has 1 fully saturated rings. The van der Waals surface area contributed by atoms with Crippen LogP contribution < -0.4 is 0 Å². The normalized spacial score (nSPS) is 39.5. The van der Waals surface area contributed by atoms with Crippen LogP contribution in [0.25, 0.3) is 0 Å². The van der Waals surface area contributed by atoms with Gasteiger partial charge in [-0.25, -0.2) is 0 Å². The predicted molar refractivity (Wildman–Crippen MR) is 48.8 cm³/mol. The molecule has 0 heterocycles. The van der Waals surface area contributed by atoms with Crippen molar-refractivity contribution in [2.45, 2.75) is 39.2 Å². The molecule has 2 nitrogen and oxygen atoms in total. The first kappa shape index (κ1) is 10.0. The van der Waals surface area contributed by atoms with Crippen LogP contribution in [0.3, 0.4) is 0 Å². The topological polar surface area (TPSA) is 40.5 Å². The molecule has 4 atom stereocenters. The van der Waals surface area contributed by atoms with Gasteiger partial charge in [-0.2, -0.15) is 0 Å². The van der Waals surface area contributed by atoms with Crippen molar-refractivity contribution in [1.82, 2.24) is 0 Å². The van der Waals surface area contributed by atoms with Crippen LogP contribution in [0.5, 0.6) is 0 Å². The molecule has 72 valence electrons. The number of hydrogen-bond donors (Lipinski definition) is 2. The van der Waals surface area contributed by atoms with Crippen molar-refractivity contribution < 1.29 is 10.2 Å². The third kappa shape index (κ3) is 2.20. The number of hydrogen-bond acceptors (Lipinski definition) is 2. The van der Waals surface area contributed by atoms with Gasteiger partial charge in [0.15, 0.2) is 0 Å². The average molecular weight is 172 g/mol. The van der Waals surface area contributed by atoms with Crippen molar-refractivity contribution in [3.63, 3.8) is 0 Å². The minimum atomic E-state index is -0.141. The minimum Gasteiger partial charge on any atom is -0.396 e. The molecule has 0 spiro atoms. The van der Waals surface area contributed by atoms with E-state index in [2.05, 4.69) is 13.8 Å². The Bertz CT molecular complexity index is 136. The maximum atomic E-state index is 9.61. The lowest BCUT2D eigenvalue weighted by Crippen LogP contribution is -2.31. The molecule has 0 aromatic rings. The Hall–Kier alpha value is -0.0800. The lowest BCUT2D eigenvalue weighted by Gasteiger charge is -2.33. The molecule has 0 bridgehead atoms. The zero-order valence-corrected chi connectivity index (χ0v) is 8.03. The highest BCUT2D eigenvalue weighted by Gasteiger charge is 2.28. The summed E-state index contributed by atoms with van der Waals surface area (Å²) >= 11 is 0. The van der Waals surface area contributed by atoms with E-state index in [1.807, 2.05) is 0 Å². The second kappa shape index (κ2) is 4.24. The summed E-state index contributed by atoms with van der Waals surface area (Å²) in [5, 5.41) is 18.6. The fourth-order valence-electron chi connectivity index (χ4n) is 2.00. The van der Waals surface area contributed by atoms with Gasteiger partial charge < -0.3 is 10.2 Å². The van der Waals surface area contributed by atoms with Crippen molar-refractivity contribution in [1.29, 1.82) is 0 Å². The van der Waals surface area contributed by atoms with Crippen LogP contribution in [0.1, 0.15) is 33.1 Å². The summed E-state index contributed by atoms with van der Waals surface area (Å²) in [7, 11) is 0. The van der Waals surface area contributed by atoms with Crippen LogP contribution in [0.15, 0.2) is 0 Å². The second-order valence-electron chi connectivity index (χ2n) is 4.28. The van der Waals surface area contributed by atoms with E-state index < -0.39 is 0 Å². The molecule has 0 radical (unpaired) electrons. The van der Waals surface area contributed by atoms with Gasteiger partial charge in [-0.05, 0) is 37.0 Å². The molecule has 1 aliphatic rings. The monoisotopic (exact) mass is 172 g/mol. The highest BCUT2D eigenvalue weighted by Crippen LogP contribution is 2.33. The van der Waals surface area contributed by atoms with Gasteiger partial charge in [0.05, 0.1) is 6.10 Å². The molecule has 0 amide bonds. The van der Waals surface area contributed by atoms with E-state index in [1.54, 1.807) is 0 Å². The van der Waals surface area contributed by atoms with Crippen molar-refractivity contribution >= 4 is 0 Å². The lowest BCUT2D eigenvalue weighted by atomic mass is 9.75. The van der Waals surface area contributed by atoms with E-state index in [1.165, 1.54) is 6.42 Å². The van der Waals surface area contributed by atoms with Crippen LogP contribution in [-0.4, -0.2) is 22.9 Å². The molecule has 0 aromatic carbocycles. The number of aliphatic hydroxyl groups excluding tert-OH is 2. The van der Waals surface area contributed by atoms with Crippen LogP contribution in [0.4, 0.5) is 0 Å². The summed E-state index contributed by atoms with van der Waals surface area (Å²) in [5.41, 5.74) is 0. The Labute approximate surface area is 74.6 Å². The van der Waals surface area contributed by atoms with Gasteiger partial charge in [-0.15, -0.1) is 0 Å². The van der Waals surface area contributed by atoms with Gasteiger partial charge in [0.2, 0.25) is 0 Å². The maximum Gasteiger partial charge on any atom is 0.0568 e. The van der Waals surface area contributed by atoms with E-state index in [0.717, 1.165) is 12.8 Å². The van der Waals surface area contributed by atoms with Gasteiger partial charge >= 0.3 is 0 Å². The molecule has 2 heteroatoms. The standard InChI is InChI=1S/C10H20O2/c1-7-3-4-9(5-10(7)12)8(2)6-11/h7-12H,3-6H2,1-2H3/t7-,8+,9-,10+/m1/s1. The van der Waals surface area contributed by atoms with Gasteiger partial charge in [0.25, 0.3) is 0 Å². The minimum absolute atomic E-state index is 0.141. The van der Waals surface area contributed by atoms with Gasteiger partial charge in [0.1, 0.15) is 0 Å². The van der Waals surface area contributed by atoms with Gasteiger partial charge in [-0.3, -0.25) is 0 Å². The Morgan fingerprint density at radius 2 is 2.08 bits per heavy atom. The van der Waals surface area contributed by atoms with Gasteiger partial charge in [-0.1, -0.05) is 13.8 Å². The van der Waals surface area contributed by atoms with Crippen molar-refractivity contribution in [3.05, 3.63) is 0 Å². The zero-order chi connectivity index (χ0) is 9.14. The summed E-state index contributed by atoms with van der Waals surface area (Å²) in [6, 6.07) is 0. The molecule has 0 aromatic heterocycles. The molecule has 2 N–H and O–H groups in total. The summed E-state index contributed by atoms with van der Waals surface area (Å²) in [6.45, 7) is 4.42. The molecular formula is C10H20O2. The Morgan fingerprint density at radius 1 is 1.42 bits per heavy atom. The van der Waals surface area contributed by atoms with Crippen LogP contribution >= 0.6 is 0 Å². The van der Waals surface area contributed by atoms with E-state index >= 15 is 0 Å². The molecule has 1 rings (SSSR count). The van der Waals surface area contributed by atoms with Crippen molar-refractivity contribution in [2.75, 3.05) is 6.61 Å². The van der Waals surface area contributed by atoms with Crippen LogP contribution in [0.2, 0.25) is 0 Å². The first-order valence-corrected chi connectivity index (χ1v) is 4.94. The Balaban J connectivity index is 2.39. The number of aliphatic hydroxyl groups is 2. The highest BCUT2D eigenvalue weighted by atomic mass is 16.3. The fraction of sp³-hybridized carbons (Fsp3) is 1.00. The molecule has 1 aliphatic carbocycles. The molecule has 12 heavy (non-hydrogen) atoms. The molecule has 0 unspecified atom stereocenters.